The molecular weight excluding hydrogens is 404 g/mol. The summed E-state index contributed by atoms with van der Waals surface area (Å²) in [5.41, 5.74) is 0.678. The number of Topliss-reactive ketones (excluding diaryl/α,β-unsaturated/α-hetero) is 1. The van der Waals surface area contributed by atoms with E-state index in [1.54, 1.807) is 0 Å². The molecule has 0 aromatic rings. The van der Waals surface area contributed by atoms with Crippen LogP contribution in [0.25, 0.3) is 0 Å². The molecule has 0 radical (unpaired) electrons. The van der Waals surface area contributed by atoms with Gasteiger partial charge in [-0.15, -0.1) is 0 Å². The average molecular weight is 445 g/mol. The van der Waals surface area contributed by atoms with E-state index in [4.69, 9.17) is 9.47 Å². The number of rotatable bonds is 1. The van der Waals surface area contributed by atoms with E-state index in [2.05, 4.69) is 26.8 Å². The summed E-state index contributed by atoms with van der Waals surface area (Å²) in [6.07, 6.45) is 9.01. The molecule has 32 heavy (non-hydrogen) atoms. The van der Waals surface area contributed by atoms with Crippen molar-refractivity contribution in [1.29, 1.82) is 0 Å². The van der Waals surface area contributed by atoms with E-state index < -0.39 is 11.4 Å². The van der Waals surface area contributed by atoms with Crippen LogP contribution in [0.2, 0.25) is 0 Å². The molecule has 3 saturated carbocycles. The topological polar surface area (TPSA) is 76.0 Å². The van der Waals surface area contributed by atoms with Crippen LogP contribution in [-0.4, -0.2) is 46.2 Å². The minimum atomic E-state index is -0.605. The Labute approximate surface area is 191 Å². The van der Waals surface area contributed by atoms with Gasteiger partial charge in [-0.3, -0.25) is 4.79 Å². The fourth-order valence-electron chi connectivity index (χ4n) is 9.63. The van der Waals surface area contributed by atoms with E-state index in [9.17, 15) is 15.0 Å². The Morgan fingerprint density at radius 2 is 1.97 bits per heavy atom. The minimum Gasteiger partial charge on any atom is -0.393 e. The molecule has 5 nitrogen and oxygen atoms in total. The smallest absolute Gasteiger partial charge is 0.172 e. The van der Waals surface area contributed by atoms with E-state index in [1.807, 2.05) is 6.92 Å². The maximum absolute atomic E-state index is 13.9. The fraction of sp³-hybridized carbons (Fsp3) is 0.889. The monoisotopic (exact) mass is 444 g/mol. The van der Waals surface area contributed by atoms with Crippen molar-refractivity contribution in [2.24, 2.45) is 40.4 Å². The second kappa shape index (κ2) is 6.68. The molecule has 1 spiro atoms. The van der Waals surface area contributed by atoms with Gasteiger partial charge < -0.3 is 19.7 Å². The van der Waals surface area contributed by atoms with Crippen LogP contribution < -0.4 is 0 Å². The molecule has 0 amide bonds. The zero-order chi connectivity index (χ0) is 22.7. The van der Waals surface area contributed by atoms with Crippen LogP contribution in [-0.2, 0) is 14.3 Å². The highest BCUT2D eigenvalue weighted by Gasteiger charge is 2.71. The molecule has 2 N–H and O–H groups in total. The van der Waals surface area contributed by atoms with Crippen LogP contribution >= 0.6 is 0 Å². The SMILES string of the molecule is C[C@H]1[C@H]2[C@H](C[C@H]3[C@@H]4CC=C5C[C@@H](O)CC[C@]5(C)[C@H]4C(=O)C[C@]23C)O[C@]12CC[C@@](C)(CO)O2. The quantitative estimate of drug-likeness (QED) is 0.598. The molecule has 0 unspecified atom stereocenters. The van der Waals surface area contributed by atoms with Gasteiger partial charge in [-0.1, -0.05) is 32.4 Å². The Kier molecular flexibility index (Phi) is 4.54. The number of carbonyl (C=O) groups is 1. The summed E-state index contributed by atoms with van der Waals surface area (Å²) in [7, 11) is 0. The number of ketones is 1. The van der Waals surface area contributed by atoms with Gasteiger partial charge >= 0.3 is 0 Å². The standard InChI is InChI=1S/C27H40O5/c1-15-22-21(31-27(15)10-9-24(2,14-28)32-27)12-19-18-6-5-16-11-17(29)7-8-25(16,3)23(18)20(30)13-26(19,22)4/h5,15,17-19,21-23,28-29H,6-14H2,1-4H3/t15-,17-,18-,19-,21-,22-,23+,24-,25-,26-,27-/m0/s1. The third-order valence-electron chi connectivity index (χ3n) is 11.2. The van der Waals surface area contributed by atoms with Crippen molar-refractivity contribution in [3.05, 3.63) is 11.6 Å². The Bertz CT molecular complexity index is 868. The predicted octanol–water partition coefficient (Wildman–Crippen LogP) is 4.01. The normalized spacial score (nSPS) is 58.9. The molecule has 4 aliphatic carbocycles. The predicted molar refractivity (Wildman–Crippen MR) is 120 cm³/mol. The van der Waals surface area contributed by atoms with Crippen molar-refractivity contribution in [3.8, 4) is 0 Å². The Balaban J connectivity index is 1.32. The molecule has 5 fully saturated rings. The lowest BCUT2D eigenvalue weighted by Gasteiger charge is -2.57. The molecule has 0 aromatic heterocycles. The average Bonchev–Trinajstić information content (AvgIpc) is 3.32. The van der Waals surface area contributed by atoms with Crippen LogP contribution in [0.5, 0.6) is 0 Å². The zero-order valence-electron chi connectivity index (χ0n) is 20.1. The first kappa shape index (κ1) is 21.8. The van der Waals surface area contributed by atoms with Crippen LogP contribution in [0.4, 0.5) is 0 Å². The minimum absolute atomic E-state index is 0.0181. The van der Waals surface area contributed by atoms with Gasteiger partial charge in [-0.25, -0.2) is 0 Å². The summed E-state index contributed by atoms with van der Waals surface area (Å²) in [4.78, 5) is 13.9. The third kappa shape index (κ3) is 2.63. The van der Waals surface area contributed by atoms with Gasteiger partial charge in [-0.05, 0) is 74.0 Å². The van der Waals surface area contributed by atoms with Gasteiger partial charge in [0.05, 0.1) is 24.4 Å². The van der Waals surface area contributed by atoms with Gasteiger partial charge in [0.25, 0.3) is 0 Å². The van der Waals surface area contributed by atoms with Gasteiger partial charge in [0, 0.05) is 24.7 Å². The van der Waals surface area contributed by atoms with E-state index in [-0.39, 0.29) is 41.5 Å². The van der Waals surface area contributed by atoms with Crippen molar-refractivity contribution in [3.63, 3.8) is 0 Å². The number of ether oxygens (including phenoxy) is 2. The van der Waals surface area contributed by atoms with Gasteiger partial charge in [0.1, 0.15) is 5.78 Å². The number of carbonyl (C=O) groups excluding carboxylic acids is 1. The maximum Gasteiger partial charge on any atom is 0.172 e. The lowest BCUT2D eigenvalue weighted by Crippen LogP contribution is -2.55. The van der Waals surface area contributed by atoms with Crippen molar-refractivity contribution >= 4 is 5.78 Å². The Morgan fingerprint density at radius 3 is 2.69 bits per heavy atom. The van der Waals surface area contributed by atoms with Crippen LogP contribution in [0.1, 0.15) is 79.1 Å². The largest absolute Gasteiger partial charge is 0.393 e. The van der Waals surface area contributed by atoms with E-state index in [0.717, 1.165) is 44.9 Å². The van der Waals surface area contributed by atoms with Crippen molar-refractivity contribution in [1.82, 2.24) is 0 Å². The number of hydrogen-bond acceptors (Lipinski definition) is 5. The molecule has 0 aromatic carbocycles. The number of hydrogen-bond donors (Lipinski definition) is 2. The number of aliphatic hydroxyl groups is 2. The summed E-state index contributed by atoms with van der Waals surface area (Å²) in [6.45, 7) is 8.93. The highest BCUT2D eigenvalue weighted by atomic mass is 16.7. The summed E-state index contributed by atoms with van der Waals surface area (Å²) >= 11 is 0. The molecule has 5 heteroatoms. The van der Waals surface area contributed by atoms with Gasteiger partial charge in [0.15, 0.2) is 5.79 Å². The first-order chi connectivity index (χ1) is 15.1. The van der Waals surface area contributed by atoms with Crippen molar-refractivity contribution in [2.45, 2.75) is 103 Å². The van der Waals surface area contributed by atoms with E-state index in [0.29, 0.717) is 30.0 Å². The first-order valence-electron chi connectivity index (χ1n) is 12.9. The summed E-state index contributed by atoms with van der Waals surface area (Å²) in [6, 6.07) is 0. The van der Waals surface area contributed by atoms with Crippen LogP contribution in [0, 0.1) is 40.4 Å². The fourth-order valence-corrected chi connectivity index (χ4v) is 9.63. The highest BCUT2D eigenvalue weighted by molar-refractivity contribution is 5.85. The molecule has 6 rings (SSSR count). The molecule has 6 aliphatic rings. The Morgan fingerprint density at radius 1 is 1.19 bits per heavy atom. The van der Waals surface area contributed by atoms with Gasteiger partial charge in [0.2, 0.25) is 0 Å². The van der Waals surface area contributed by atoms with Gasteiger partial charge in [-0.2, -0.15) is 0 Å². The molecule has 2 heterocycles. The highest BCUT2D eigenvalue weighted by Crippen LogP contribution is 2.70. The number of aliphatic hydroxyl groups excluding tert-OH is 2. The molecule has 0 bridgehead atoms. The lowest BCUT2D eigenvalue weighted by atomic mass is 9.46. The lowest BCUT2D eigenvalue weighted by molar-refractivity contribution is -0.262. The molecule has 2 aliphatic heterocycles. The maximum atomic E-state index is 13.9. The zero-order valence-corrected chi connectivity index (χ0v) is 20.1. The Hall–Kier alpha value is -0.750. The summed E-state index contributed by atoms with van der Waals surface area (Å²) in [5.74, 6) is 1.35. The molecule has 2 saturated heterocycles. The van der Waals surface area contributed by atoms with Crippen molar-refractivity contribution in [2.75, 3.05) is 6.61 Å². The first-order valence-corrected chi connectivity index (χ1v) is 12.9. The number of allylic oxidation sites excluding steroid dienone is 1. The molecule has 11 atom stereocenters. The molecule has 178 valence electrons. The van der Waals surface area contributed by atoms with Crippen LogP contribution in [0.3, 0.4) is 0 Å². The van der Waals surface area contributed by atoms with Crippen molar-refractivity contribution < 1.29 is 24.5 Å². The second-order valence-corrected chi connectivity index (χ2v) is 12.9. The molecular formula is C27H40O5. The number of fused-ring (bicyclic) bond motifs is 7. The summed E-state index contributed by atoms with van der Waals surface area (Å²) < 4.78 is 13.2. The van der Waals surface area contributed by atoms with Crippen LogP contribution in [0.15, 0.2) is 11.6 Å². The van der Waals surface area contributed by atoms with E-state index >= 15 is 0 Å². The second-order valence-electron chi connectivity index (χ2n) is 12.9. The summed E-state index contributed by atoms with van der Waals surface area (Å²) in [5, 5.41) is 20.1. The van der Waals surface area contributed by atoms with E-state index in [1.165, 1.54) is 5.57 Å². The third-order valence-corrected chi connectivity index (χ3v) is 11.2.